The summed E-state index contributed by atoms with van der Waals surface area (Å²) in [4.78, 5) is 0. The quantitative estimate of drug-likeness (QED) is 0.704. The van der Waals surface area contributed by atoms with E-state index in [1.807, 2.05) is 0 Å². The average Bonchev–Trinajstić information content (AvgIpc) is 2.46. The Kier molecular flexibility index (Phi) is 1.91. The number of halogens is 2. The molecule has 0 aromatic carbocycles. The smallest absolute Gasteiger partial charge is 0.282 e. The molecule has 1 aliphatic heterocycles. The summed E-state index contributed by atoms with van der Waals surface area (Å²) in [6.45, 7) is 0.344. The van der Waals surface area contributed by atoms with Crippen molar-refractivity contribution in [1.29, 1.82) is 0 Å². The van der Waals surface area contributed by atoms with E-state index in [1.165, 1.54) is 10.7 Å². The number of alkyl halides is 2. The number of aromatic nitrogens is 2. The SMILES string of the molecule is O[C@H]1COc2cc(C(F)F)nn2C1. The van der Waals surface area contributed by atoms with Crippen LogP contribution in [0, 0.1) is 0 Å². The highest BCUT2D eigenvalue weighted by molar-refractivity contribution is 5.18. The zero-order valence-electron chi connectivity index (χ0n) is 6.65. The van der Waals surface area contributed by atoms with E-state index in [0.717, 1.165) is 0 Å². The van der Waals surface area contributed by atoms with Crippen molar-refractivity contribution >= 4 is 0 Å². The first-order valence-corrected chi connectivity index (χ1v) is 3.83. The molecule has 0 aliphatic carbocycles. The normalized spacial score (nSPS) is 21.4. The second-order valence-electron chi connectivity index (χ2n) is 2.86. The van der Waals surface area contributed by atoms with Crippen molar-refractivity contribution in [2.45, 2.75) is 19.1 Å². The van der Waals surface area contributed by atoms with Crippen molar-refractivity contribution in [2.24, 2.45) is 0 Å². The molecule has 0 unspecified atom stereocenters. The molecule has 1 aliphatic rings. The van der Waals surface area contributed by atoms with Gasteiger partial charge in [0.15, 0.2) is 0 Å². The summed E-state index contributed by atoms with van der Waals surface area (Å²) in [5, 5.41) is 12.7. The highest BCUT2D eigenvalue weighted by Gasteiger charge is 2.22. The van der Waals surface area contributed by atoms with Gasteiger partial charge in [0.2, 0.25) is 5.88 Å². The Morgan fingerprint density at radius 2 is 2.46 bits per heavy atom. The van der Waals surface area contributed by atoms with Gasteiger partial charge in [-0.15, -0.1) is 0 Å². The van der Waals surface area contributed by atoms with Crippen molar-refractivity contribution in [2.75, 3.05) is 6.61 Å². The molecule has 2 heterocycles. The van der Waals surface area contributed by atoms with E-state index in [9.17, 15) is 8.78 Å². The Balaban J connectivity index is 2.28. The molecule has 6 heteroatoms. The second kappa shape index (κ2) is 2.95. The fourth-order valence-corrected chi connectivity index (χ4v) is 1.21. The van der Waals surface area contributed by atoms with Crippen molar-refractivity contribution in [3.05, 3.63) is 11.8 Å². The predicted molar refractivity (Wildman–Crippen MR) is 38.7 cm³/mol. The fourth-order valence-electron chi connectivity index (χ4n) is 1.21. The van der Waals surface area contributed by atoms with Crippen LogP contribution in [0.5, 0.6) is 5.88 Å². The molecule has 1 atom stereocenters. The molecule has 4 nitrogen and oxygen atoms in total. The molecule has 1 aromatic heterocycles. The summed E-state index contributed by atoms with van der Waals surface area (Å²) in [6, 6.07) is 1.19. The first kappa shape index (κ1) is 8.43. The summed E-state index contributed by atoms with van der Waals surface area (Å²) in [5.74, 6) is 0.292. The number of ether oxygens (including phenoxy) is 1. The van der Waals surface area contributed by atoms with Gasteiger partial charge in [0.25, 0.3) is 6.43 Å². The average molecular weight is 190 g/mol. The maximum Gasteiger partial charge on any atom is 0.282 e. The van der Waals surface area contributed by atoms with Crippen molar-refractivity contribution in [3.63, 3.8) is 0 Å². The molecular weight excluding hydrogens is 182 g/mol. The second-order valence-corrected chi connectivity index (χ2v) is 2.86. The maximum atomic E-state index is 12.2. The lowest BCUT2D eigenvalue weighted by molar-refractivity contribution is 0.0552. The highest BCUT2D eigenvalue weighted by Crippen LogP contribution is 2.24. The van der Waals surface area contributed by atoms with Gasteiger partial charge in [-0.2, -0.15) is 5.10 Å². The molecule has 0 saturated carbocycles. The monoisotopic (exact) mass is 190 g/mol. The standard InChI is InChI=1S/C7H8F2N2O2/c8-7(9)5-1-6-11(10-5)2-4(12)3-13-6/h1,4,7,12H,2-3H2/t4-/m1/s1. The van der Waals surface area contributed by atoms with Gasteiger partial charge in [-0.05, 0) is 0 Å². The van der Waals surface area contributed by atoms with Crippen molar-refractivity contribution < 1.29 is 18.6 Å². The molecule has 13 heavy (non-hydrogen) atoms. The van der Waals surface area contributed by atoms with Crippen LogP contribution in [0.15, 0.2) is 6.07 Å². The first-order valence-electron chi connectivity index (χ1n) is 3.83. The molecule has 0 saturated heterocycles. The van der Waals surface area contributed by atoms with E-state index in [-0.39, 0.29) is 18.8 Å². The van der Waals surface area contributed by atoms with Crippen LogP contribution in [-0.2, 0) is 6.54 Å². The number of aliphatic hydroxyl groups is 1. The van der Waals surface area contributed by atoms with Gasteiger partial charge >= 0.3 is 0 Å². The zero-order chi connectivity index (χ0) is 9.42. The maximum absolute atomic E-state index is 12.2. The Bertz CT molecular complexity index is 313. The summed E-state index contributed by atoms with van der Waals surface area (Å²) < 4.78 is 30.5. The van der Waals surface area contributed by atoms with E-state index >= 15 is 0 Å². The van der Waals surface area contributed by atoms with Crippen LogP contribution in [0.25, 0.3) is 0 Å². The first-order chi connectivity index (χ1) is 6.16. The largest absolute Gasteiger partial charge is 0.475 e. The van der Waals surface area contributed by atoms with Gasteiger partial charge in [-0.3, -0.25) is 0 Å². The molecular formula is C7H8F2N2O2. The summed E-state index contributed by atoms with van der Waals surface area (Å²) in [5.41, 5.74) is -0.316. The van der Waals surface area contributed by atoms with Crippen molar-refractivity contribution in [1.82, 2.24) is 9.78 Å². The Labute approximate surface area is 72.7 Å². The van der Waals surface area contributed by atoms with Crippen LogP contribution in [-0.4, -0.2) is 27.6 Å². The molecule has 1 N–H and O–H groups in total. The van der Waals surface area contributed by atoms with Crippen LogP contribution < -0.4 is 4.74 Å². The minimum absolute atomic E-state index is 0.133. The molecule has 2 rings (SSSR count). The topological polar surface area (TPSA) is 47.3 Å². The van der Waals surface area contributed by atoms with Crippen molar-refractivity contribution in [3.8, 4) is 5.88 Å². The number of hydrogen-bond donors (Lipinski definition) is 1. The van der Waals surface area contributed by atoms with Crippen LogP contribution >= 0.6 is 0 Å². The minimum atomic E-state index is -2.60. The molecule has 0 radical (unpaired) electrons. The summed E-state index contributed by atoms with van der Waals surface area (Å²) in [7, 11) is 0. The lowest BCUT2D eigenvalue weighted by Crippen LogP contribution is -2.29. The van der Waals surface area contributed by atoms with E-state index < -0.39 is 12.5 Å². The van der Waals surface area contributed by atoms with E-state index in [2.05, 4.69) is 5.10 Å². The lowest BCUT2D eigenvalue weighted by Gasteiger charge is -2.19. The van der Waals surface area contributed by atoms with Gasteiger partial charge in [-0.1, -0.05) is 0 Å². The molecule has 0 amide bonds. The van der Waals surface area contributed by atoms with E-state index in [0.29, 0.717) is 5.88 Å². The van der Waals surface area contributed by atoms with E-state index in [1.54, 1.807) is 0 Å². The van der Waals surface area contributed by atoms with Crippen LogP contribution in [0.1, 0.15) is 12.1 Å². The Hall–Kier alpha value is -1.17. The number of nitrogens with zero attached hydrogens (tertiary/aromatic N) is 2. The molecule has 72 valence electrons. The van der Waals surface area contributed by atoms with Crippen LogP contribution in [0.4, 0.5) is 8.78 Å². The molecule has 1 aromatic rings. The third kappa shape index (κ3) is 1.49. The third-order valence-corrected chi connectivity index (χ3v) is 1.79. The third-order valence-electron chi connectivity index (χ3n) is 1.79. The zero-order valence-corrected chi connectivity index (χ0v) is 6.65. The summed E-state index contributed by atoms with van der Waals surface area (Å²) in [6.07, 6.45) is -3.27. The predicted octanol–water partition coefficient (Wildman–Crippen LogP) is 0.574. The van der Waals surface area contributed by atoms with Crippen LogP contribution in [0.2, 0.25) is 0 Å². The summed E-state index contributed by atoms with van der Waals surface area (Å²) >= 11 is 0. The van der Waals surface area contributed by atoms with Gasteiger partial charge in [0.1, 0.15) is 18.4 Å². The lowest BCUT2D eigenvalue weighted by atomic mass is 10.3. The molecule has 0 bridgehead atoms. The van der Waals surface area contributed by atoms with Crippen LogP contribution in [0.3, 0.4) is 0 Å². The minimum Gasteiger partial charge on any atom is -0.475 e. The van der Waals surface area contributed by atoms with Gasteiger partial charge in [0.05, 0.1) is 6.54 Å². The number of fused-ring (bicyclic) bond motifs is 1. The Morgan fingerprint density at radius 3 is 3.15 bits per heavy atom. The number of rotatable bonds is 1. The number of hydrogen-bond acceptors (Lipinski definition) is 3. The van der Waals surface area contributed by atoms with Gasteiger partial charge in [0, 0.05) is 6.07 Å². The van der Waals surface area contributed by atoms with Gasteiger partial charge in [-0.25, -0.2) is 13.5 Å². The number of aliphatic hydroxyl groups excluding tert-OH is 1. The van der Waals surface area contributed by atoms with Gasteiger partial charge < -0.3 is 9.84 Å². The molecule has 0 fully saturated rings. The highest BCUT2D eigenvalue weighted by atomic mass is 19.3. The molecule has 0 spiro atoms. The Morgan fingerprint density at radius 1 is 1.69 bits per heavy atom. The fraction of sp³-hybridized carbons (Fsp3) is 0.571. The van der Waals surface area contributed by atoms with E-state index in [4.69, 9.17) is 9.84 Å².